The SMILES string of the molecule is CCOC(=O)C1=C(COCCNC(=O)C=COO)N=C(C)C(C(=O)OC)C1c1ccccc1Cl. The number of ether oxygens (including phenoxy) is 3. The highest BCUT2D eigenvalue weighted by Crippen LogP contribution is 2.42. The molecule has 1 aliphatic rings. The first kappa shape index (κ1) is 27.0. The molecule has 184 valence electrons. The molecular formula is C23H27ClN2O8. The highest BCUT2D eigenvalue weighted by Gasteiger charge is 2.43. The monoisotopic (exact) mass is 494 g/mol. The van der Waals surface area contributed by atoms with Gasteiger partial charge < -0.3 is 24.4 Å². The van der Waals surface area contributed by atoms with Crippen LogP contribution in [0.3, 0.4) is 0 Å². The Morgan fingerprint density at radius 1 is 1.26 bits per heavy atom. The summed E-state index contributed by atoms with van der Waals surface area (Å²) in [4.78, 5) is 45.4. The van der Waals surface area contributed by atoms with Crippen LogP contribution in [0.2, 0.25) is 5.02 Å². The lowest BCUT2D eigenvalue weighted by Gasteiger charge is -2.32. The van der Waals surface area contributed by atoms with Gasteiger partial charge in [0, 0.05) is 29.3 Å². The van der Waals surface area contributed by atoms with Crippen molar-refractivity contribution in [2.75, 3.05) is 33.5 Å². The molecular weight excluding hydrogens is 468 g/mol. The third kappa shape index (κ3) is 6.89. The molecule has 1 aromatic carbocycles. The second-order valence-electron chi connectivity index (χ2n) is 7.09. The molecule has 2 unspecified atom stereocenters. The topological polar surface area (TPSA) is 133 Å². The summed E-state index contributed by atoms with van der Waals surface area (Å²) in [7, 11) is 1.27. The number of hydrogen-bond donors (Lipinski definition) is 2. The Morgan fingerprint density at radius 3 is 2.65 bits per heavy atom. The molecule has 34 heavy (non-hydrogen) atoms. The minimum Gasteiger partial charge on any atom is -0.468 e. The molecule has 0 spiro atoms. The minimum atomic E-state index is -0.882. The van der Waals surface area contributed by atoms with Gasteiger partial charge in [0.05, 0.1) is 38.2 Å². The second-order valence-corrected chi connectivity index (χ2v) is 7.49. The number of carbonyl (C=O) groups is 3. The van der Waals surface area contributed by atoms with Crippen molar-refractivity contribution in [3.05, 3.63) is 58.5 Å². The summed E-state index contributed by atoms with van der Waals surface area (Å²) in [6.45, 7) is 3.64. The van der Waals surface area contributed by atoms with E-state index in [-0.39, 0.29) is 31.9 Å². The predicted molar refractivity (Wildman–Crippen MR) is 123 cm³/mol. The first-order chi connectivity index (χ1) is 16.3. The number of methoxy groups -OCH3 is 1. The van der Waals surface area contributed by atoms with Crippen LogP contribution in [0.4, 0.5) is 0 Å². The normalized spacial score (nSPS) is 17.9. The van der Waals surface area contributed by atoms with Crippen molar-refractivity contribution in [1.29, 1.82) is 0 Å². The van der Waals surface area contributed by atoms with Crippen LogP contribution in [0, 0.1) is 5.92 Å². The van der Waals surface area contributed by atoms with Crippen LogP contribution < -0.4 is 5.32 Å². The van der Waals surface area contributed by atoms with Gasteiger partial charge in [0.2, 0.25) is 5.91 Å². The lowest BCUT2D eigenvalue weighted by atomic mass is 9.75. The Hall–Kier alpha value is -3.21. The van der Waals surface area contributed by atoms with Crippen LogP contribution in [-0.2, 0) is 33.5 Å². The maximum absolute atomic E-state index is 13.0. The summed E-state index contributed by atoms with van der Waals surface area (Å²) < 4.78 is 15.9. The molecule has 1 aromatic rings. The molecule has 0 aliphatic carbocycles. The van der Waals surface area contributed by atoms with Gasteiger partial charge in [0.15, 0.2) is 0 Å². The van der Waals surface area contributed by atoms with Gasteiger partial charge in [0.1, 0.15) is 12.2 Å². The Bertz CT molecular complexity index is 989. The number of benzene rings is 1. The fourth-order valence-electron chi connectivity index (χ4n) is 3.56. The molecule has 0 aromatic heterocycles. The average Bonchev–Trinajstić information content (AvgIpc) is 2.82. The average molecular weight is 495 g/mol. The number of halogens is 1. The van der Waals surface area contributed by atoms with Gasteiger partial charge in [-0.2, -0.15) is 0 Å². The van der Waals surface area contributed by atoms with Gasteiger partial charge in [-0.15, -0.1) is 0 Å². The molecule has 0 saturated carbocycles. The van der Waals surface area contributed by atoms with Crippen molar-refractivity contribution in [2.45, 2.75) is 19.8 Å². The highest BCUT2D eigenvalue weighted by molar-refractivity contribution is 6.31. The van der Waals surface area contributed by atoms with Gasteiger partial charge >= 0.3 is 11.9 Å². The molecule has 2 rings (SSSR count). The van der Waals surface area contributed by atoms with Crippen LogP contribution >= 0.6 is 11.6 Å². The molecule has 2 N–H and O–H groups in total. The van der Waals surface area contributed by atoms with Crippen molar-refractivity contribution in [1.82, 2.24) is 5.32 Å². The highest BCUT2D eigenvalue weighted by atomic mass is 35.5. The minimum absolute atomic E-state index is 0.0776. The van der Waals surface area contributed by atoms with Crippen molar-refractivity contribution < 1.29 is 38.7 Å². The number of carbonyl (C=O) groups excluding carboxylic acids is 3. The number of hydrogen-bond acceptors (Lipinski definition) is 9. The summed E-state index contributed by atoms with van der Waals surface area (Å²) in [6, 6.07) is 6.91. The Labute approximate surface area is 202 Å². The van der Waals surface area contributed by atoms with Gasteiger partial charge in [-0.3, -0.25) is 14.6 Å². The van der Waals surface area contributed by atoms with Crippen LogP contribution in [0.5, 0.6) is 0 Å². The third-order valence-electron chi connectivity index (χ3n) is 4.97. The van der Waals surface area contributed by atoms with Crippen molar-refractivity contribution in [3.8, 4) is 0 Å². The Morgan fingerprint density at radius 2 is 2.00 bits per heavy atom. The van der Waals surface area contributed by atoms with E-state index in [1.165, 1.54) is 7.11 Å². The maximum atomic E-state index is 13.0. The number of rotatable bonds is 11. The first-order valence-corrected chi connectivity index (χ1v) is 10.8. The molecule has 10 nitrogen and oxygen atoms in total. The van der Waals surface area contributed by atoms with E-state index in [1.54, 1.807) is 38.1 Å². The lowest BCUT2D eigenvalue weighted by molar-refractivity contribution is -0.187. The maximum Gasteiger partial charge on any atom is 0.336 e. The van der Waals surface area contributed by atoms with E-state index in [4.69, 9.17) is 31.1 Å². The van der Waals surface area contributed by atoms with Crippen molar-refractivity contribution >= 4 is 35.2 Å². The number of esters is 2. The van der Waals surface area contributed by atoms with Crippen LogP contribution in [-0.4, -0.2) is 62.3 Å². The zero-order chi connectivity index (χ0) is 25.1. The van der Waals surface area contributed by atoms with Gasteiger partial charge in [0.25, 0.3) is 0 Å². The number of aliphatic imine (C=N–C) groups is 1. The fourth-order valence-corrected chi connectivity index (χ4v) is 3.81. The summed E-state index contributed by atoms with van der Waals surface area (Å²) in [5, 5.41) is 11.1. The van der Waals surface area contributed by atoms with Gasteiger partial charge in [-0.1, -0.05) is 29.8 Å². The van der Waals surface area contributed by atoms with Crippen molar-refractivity contribution in [2.24, 2.45) is 10.9 Å². The zero-order valence-corrected chi connectivity index (χ0v) is 19.8. The lowest BCUT2D eigenvalue weighted by Crippen LogP contribution is -2.37. The summed E-state index contributed by atoms with van der Waals surface area (Å²) >= 11 is 6.46. The second kappa shape index (κ2) is 13.5. The molecule has 0 saturated heterocycles. The van der Waals surface area contributed by atoms with E-state index < -0.39 is 29.7 Å². The van der Waals surface area contributed by atoms with Gasteiger partial charge in [-0.25, -0.2) is 10.1 Å². The molecule has 0 bridgehead atoms. The smallest absolute Gasteiger partial charge is 0.336 e. The van der Waals surface area contributed by atoms with E-state index in [1.807, 2.05) is 0 Å². The molecule has 0 radical (unpaired) electrons. The fraction of sp³-hybridized carbons (Fsp3) is 0.391. The molecule has 0 fully saturated rings. The predicted octanol–water partition coefficient (Wildman–Crippen LogP) is 2.64. The Balaban J connectivity index is 2.37. The zero-order valence-electron chi connectivity index (χ0n) is 19.1. The summed E-state index contributed by atoms with van der Waals surface area (Å²) in [5.41, 5.74) is 1.44. The van der Waals surface area contributed by atoms with Crippen LogP contribution in [0.25, 0.3) is 0 Å². The quantitative estimate of drug-likeness (QED) is 0.120. The van der Waals surface area contributed by atoms with E-state index in [2.05, 4.69) is 15.2 Å². The first-order valence-electron chi connectivity index (χ1n) is 10.5. The van der Waals surface area contributed by atoms with E-state index in [0.717, 1.165) is 12.3 Å². The standard InChI is InChI=1S/C23H27ClN2O8/c1-4-33-23(29)21-17(13-32-12-10-25-18(27)9-11-34-30)26-14(2)19(22(28)31-3)20(21)15-7-5-6-8-16(15)24/h5-9,11,19-20,30H,4,10,12-13H2,1-3H3,(H,25,27). The molecule has 11 heteroatoms. The number of nitrogens with zero attached hydrogens (tertiary/aromatic N) is 1. The van der Waals surface area contributed by atoms with E-state index in [9.17, 15) is 14.4 Å². The van der Waals surface area contributed by atoms with E-state index in [0.29, 0.717) is 22.0 Å². The van der Waals surface area contributed by atoms with Crippen LogP contribution in [0.15, 0.2) is 52.9 Å². The van der Waals surface area contributed by atoms with Crippen LogP contribution in [0.1, 0.15) is 25.3 Å². The van der Waals surface area contributed by atoms with E-state index >= 15 is 0 Å². The van der Waals surface area contributed by atoms with Gasteiger partial charge in [-0.05, 0) is 25.5 Å². The summed E-state index contributed by atoms with van der Waals surface area (Å²) in [5.74, 6) is -3.36. The third-order valence-corrected chi connectivity index (χ3v) is 5.32. The molecule has 1 amide bonds. The Kier molecular flexibility index (Phi) is 10.7. The molecule has 1 heterocycles. The molecule has 1 aliphatic heterocycles. The number of nitrogens with one attached hydrogen (secondary N) is 1. The molecule has 2 atom stereocenters. The number of amides is 1. The summed E-state index contributed by atoms with van der Waals surface area (Å²) in [6.07, 6.45) is 1.82. The largest absolute Gasteiger partial charge is 0.468 e. The van der Waals surface area contributed by atoms with Crippen molar-refractivity contribution in [3.63, 3.8) is 0 Å².